The first kappa shape index (κ1) is 9.93. The third kappa shape index (κ3) is 1.91. The van der Waals surface area contributed by atoms with E-state index in [9.17, 15) is 4.79 Å². The molecule has 0 spiro atoms. The van der Waals surface area contributed by atoms with Crippen molar-refractivity contribution in [2.24, 2.45) is 0 Å². The molecule has 4 heteroatoms. The third-order valence-electron chi connectivity index (χ3n) is 3.36. The SMILES string of the molecule is O=C(O)C1CNCCN1C1CCCC1. The Morgan fingerprint density at radius 3 is 2.71 bits per heavy atom. The first-order valence-electron chi connectivity index (χ1n) is 5.48. The molecule has 2 aliphatic rings. The molecule has 0 amide bonds. The molecule has 2 N–H and O–H groups in total. The average Bonchev–Trinajstić information content (AvgIpc) is 2.70. The van der Waals surface area contributed by atoms with E-state index in [1.807, 2.05) is 0 Å². The van der Waals surface area contributed by atoms with Crippen LogP contribution in [0.1, 0.15) is 25.7 Å². The van der Waals surface area contributed by atoms with Gasteiger partial charge in [0.15, 0.2) is 0 Å². The number of carbonyl (C=O) groups is 1. The van der Waals surface area contributed by atoms with Gasteiger partial charge >= 0.3 is 5.97 Å². The number of hydrogen-bond acceptors (Lipinski definition) is 3. The Bertz CT molecular complexity index is 214. The van der Waals surface area contributed by atoms with Gasteiger partial charge in [-0.2, -0.15) is 0 Å². The fraction of sp³-hybridized carbons (Fsp3) is 0.900. The molecule has 14 heavy (non-hydrogen) atoms. The van der Waals surface area contributed by atoms with E-state index in [0.29, 0.717) is 12.6 Å². The van der Waals surface area contributed by atoms with Gasteiger partial charge in [0.25, 0.3) is 0 Å². The number of carboxylic acids is 1. The van der Waals surface area contributed by atoms with Crippen LogP contribution in [0.5, 0.6) is 0 Å². The summed E-state index contributed by atoms with van der Waals surface area (Å²) in [5.74, 6) is -0.677. The van der Waals surface area contributed by atoms with Gasteiger partial charge in [-0.1, -0.05) is 12.8 Å². The molecule has 1 aliphatic heterocycles. The van der Waals surface area contributed by atoms with Crippen molar-refractivity contribution in [1.82, 2.24) is 10.2 Å². The molecular formula is C10H18N2O2. The normalized spacial score (nSPS) is 30.7. The van der Waals surface area contributed by atoms with Crippen LogP contribution in [0, 0.1) is 0 Å². The largest absolute Gasteiger partial charge is 0.480 e. The second-order valence-corrected chi connectivity index (χ2v) is 4.23. The zero-order valence-corrected chi connectivity index (χ0v) is 8.41. The van der Waals surface area contributed by atoms with Gasteiger partial charge in [0, 0.05) is 25.7 Å². The molecule has 0 aromatic heterocycles. The fourth-order valence-corrected chi connectivity index (χ4v) is 2.62. The zero-order valence-electron chi connectivity index (χ0n) is 8.41. The Hall–Kier alpha value is -0.610. The van der Waals surface area contributed by atoms with Crippen LogP contribution in [-0.4, -0.2) is 47.7 Å². The summed E-state index contributed by atoms with van der Waals surface area (Å²) in [4.78, 5) is 13.2. The molecule has 1 unspecified atom stereocenters. The summed E-state index contributed by atoms with van der Waals surface area (Å²) < 4.78 is 0. The quantitative estimate of drug-likeness (QED) is 0.669. The number of aliphatic carboxylic acids is 1. The van der Waals surface area contributed by atoms with Gasteiger partial charge in [-0.25, -0.2) is 0 Å². The van der Waals surface area contributed by atoms with E-state index in [2.05, 4.69) is 10.2 Å². The Balaban J connectivity index is 2.01. The highest BCUT2D eigenvalue weighted by Crippen LogP contribution is 2.25. The van der Waals surface area contributed by atoms with Crippen molar-refractivity contribution in [2.45, 2.75) is 37.8 Å². The van der Waals surface area contributed by atoms with Crippen molar-refractivity contribution >= 4 is 5.97 Å². The molecule has 0 aromatic carbocycles. The van der Waals surface area contributed by atoms with E-state index in [-0.39, 0.29) is 6.04 Å². The molecule has 1 saturated heterocycles. The van der Waals surface area contributed by atoms with Crippen LogP contribution in [0.4, 0.5) is 0 Å². The summed E-state index contributed by atoms with van der Waals surface area (Å²) in [6, 6.07) is 0.227. The number of rotatable bonds is 2. The van der Waals surface area contributed by atoms with Gasteiger partial charge in [0.2, 0.25) is 0 Å². The smallest absolute Gasteiger partial charge is 0.322 e. The van der Waals surface area contributed by atoms with Crippen LogP contribution < -0.4 is 5.32 Å². The maximum absolute atomic E-state index is 11.0. The van der Waals surface area contributed by atoms with E-state index in [4.69, 9.17) is 5.11 Å². The minimum Gasteiger partial charge on any atom is -0.480 e. The van der Waals surface area contributed by atoms with E-state index >= 15 is 0 Å². The van der Waals surface area contributed by atoms with Gasteiger partial charge in [-0.3, -0.25) is 9.69 Å². The lowest BCUT2D eigenvalue weighted by Gasteiger charge is -2.37. The van der Waals surface area contributed by atoms with Crippen molar-refractivity contribution in [2.75, 3.05) is 19.6 Å². The van der Waals surface area contributed by atoms with Crippen LogP contribution in [0.25, 0.3) is 0 Å². The van der Waals surface area contributed by atoms with Crippen molar-refractivity contribution in [3.8, 4) is 0 Å². The first-order valence-corrected chi connectivity index (χ1v) is 5.48. The molecule has 1 aliphatic carbocycles. The minimum absolute atomic E-state index is 0.299. The van der Waals surface area contributed by atoms with Gasteiger partial charge < -0.3 is 10.4 Å². The molecule has 1 heterocycles. The van der Waals surface area contributed by atoms with Crippen LogP contribution in [0.3, 0.4) is 0 Å². The van der Waals surface area contributed by atoms with Gasteiger partial charge in [-0.05, 0) is 12.8 Å². The van der Waals surface area contributed by atoms with Crippen LogP contribution in [0.15, 0.2) is 0 Å². The lowest BCUT2D eigenvalue weighted by Crippen LogP contribution is -2.57. The summed E-state index contributed by atoms with van der Waals surface area (Å²) in [7, 11) is 0. The summed E-state index contributed by atoms with van der Waals surface area (Å²) >= 11 is 0. The second kappa shape index (κ2) is 4.28. The number of piperazine rings is 1. The molecule has 0 radical (unpaired) electrons. The molecule has 2 rings (SSSR count). The molecule has 0 bridgehead atoms. The Morgan fingerprint density at radius 2 is 2.07 bits per heavy atom. The predicted molar refractivity (Wildman–Crippen MR) is 53.3 cm³/mol. The van der Waals surface area contributed by atoms with Crippen molar-refractivity contribution in [3.63, 3.8) is 0 Å². The Morgan fingerprint density at radius 1 is 1.36 bits per heavy atom. The number of nitrogens with zero attached hydrogens (tertiary/aromatic N) is 1. The van der Waals surface area contributed by atoms with Gasteiger partial charge in [0.05, 0.1) is 0 Å². The predicted octanol–water partition coefficient (Wildman–Crippen LogP) is 0.287. The van der Waals surface area contributed by atoms with Gasteiger partial charge in [-0.15, -0.1) is 0 Å². The molecular weight excluding hydrogens is 180 g/mol. The first-order chi connectivity index (χ1) is 6.79. The molecule has 0 aromatic rings. The standard InChI is InChI=1S/C10H18N2O2/c13-10(14)9-7-11-5-6-12(9)8-3-1-2-4-8/h8-9,11H,1-7H2,(H,13,14). The number of nitrogens with one attached hydrogen (secondary N) is 1. The molecule has 1 saturated carbocycles. The monoisotopic (exact) mass is 198 g/mol. The van der Waals surface area contributed by atoms with E-state index in [0.717, 1.165) is 13.1 Å². The van der Waals surface area contributed by atoms with E-state index in [1.54, 1.807) is 0 Å². The third-order valence-corrected chi connectivity index (χ3v) is 3.36. The van der Waals surface area contributed by atoms with Crippen LogP contribution >= 0.6 is 0 Å². The molecule has 1 atom stereocenters. The minimum atomic E-state index is -0.677. The highest BCUT2D eigenvalue weighted by atomic mass is 16.4. The number of carboxylic acid groups (broad SMARTS) is 1. The van der Waals surface area contributed by atoms with E-state index < -0.39 is 5.97 Å². The molecule has 4 nitrogen and oxygen atoms in total. The van der Waals surface area contributed by atoms with E-state index in [1.165, 1.54) is 25.7 Å². The molecule has 80 valence electrons. The number of hydrogen-bond donors (Lipinski definition) is 2. The van der Waals surface area contributed by atoms with Gasteiger partial charge in [0.1, 0.15) is 6.04 Å². The van der Waals surface area contributed by atoms with Crippen molar-refractivity contribution in [1.29, 1.82) is 0 Å². The summed E-state index contributed by atoms with van der Waals surface area (Å²) in [6.07, 6.45) is 4.90. The maximum Gasteiger partial charge on any atom is 0.322 e. The summed E-state index contributed by atoms with van der Waals surface area (Å²) in [5.41, 5.74) is 0. The van der Waals surface area contributed by atoms with Crippen molar-refractivity contribution in [3.05, 3.63) is 0 Å². The summed E-state index contributed by atoms with van der Waals surface area (Å²) in [6.45, 7) is 2.42. The lowest BCUT2D eigenvalue weighted by molar-refractivity contribution is -0.145. The summed E-state index contributed by atoms with van der Waals surface area (Å²) in [5, 5.41) is 12.2. The Labute approximate surface area is 84.3 Å². The Kier molecular flexibility index (Phi) is 3.03. The topological polar surface area (TPSA) is 52.6 Å². The van der Waals surface area contributed by atoms with Crippen LogP contribution in [-0.2, 0) is 4.79 Å². The van der Waals surface area contributed by atoms with Crippen LogP contribution in [0.2, 0.25) is 0 Å². The fourth-order valence-electron chi connectivity index (χ4n) is 2.62. The zero-order chi connectivity index (χ0) is 9.97. The highest BCUT2D eigenvalue weighted by molar-refractivity contribution is 5.74. The second-order valence-electron chi connectivity index (χ2n) is 4.23. The average molecular weight is 198 g/mol. The maximum atomic E-state index is 11.0. The molecule has 2 fully saturated rings. The lowest BCUT2D eigenvalue weighted by atomic mass is 10.1. The highest BCUT2D eigenvalue weighted by Gasteiger charge is 2.34. The van der Waals surface area contributed by atoms with Crippen molar-refractivity contribution < 1.29 is 9.90 Å².